The van der Waals surface area contributed by atoms with Gasteiger partial charge in [0.1, 0.15) is 0 Å². The van der Waals surface area contributed by atoms with Gasteiger partial charge in [-0.25, -0.2) is 4.98 Å². The first-order valence-corrected chi connectivity index (χ1v) is 8.33. The monoisotopic (exact) mass is 280 g/mol. The molecule has 0 aliphatic heterocycles. The van der Waals surface area contributed by atoms with Crippen LogP contribution in [0.25, 0.3) is 0 Å². The molecule has 0 saturated heterocycles. The molecule has 3 nitrogen and oxygen atoms in total. The predicted molar refractivity (Wildman–Crippen MR) is 81.4 cm³/mol. The zero-order chi connectivity index (χ0) is 13.7. The number of thiazole rings is 1. The highest BCUT2D eigenvalue weighted by Crippen LogP contribution is 2.31. The lowest BCUT2D eigenvalue weighted by Gasteiger charge is -2.33. The summed E-state index contributed by atoms with van der Waals surface area (Å²) in [5, 5.41) is 1.06. The Morgan fingerprint density at radius 1 is 1.32 bits per heavy atom. The third kappa shape index (κ3) is 3.35. The number of hydrogen-bond donors (Lipinski definition) is 0. The van der Waals surface area contributed by atoms with Gasteiger partial charge in [0, 0.05) is 12.6 Å². The first kappa shape index (κ1) is 14.5. The molecule has 4 heteroatoms. The highest BCUT2D eigenvalue weighted by molar-refractivity contribution is 7.17. The number of aryl methyl sites for hydroxylation is 1. The molecule has 0 radical (unpaired) electrons. The molecular formula is C15H24N2OS. The van der Waals surface area contributed by atoms with E-state index in [-0.39, 0.29) is 0 Å². The van der Waals surface area contributed by atoms with Crippen molar-refractivity contribution in [2.24, 2.45) is 0 Å². The number of anilines is 1. The zero-order valence-electron chi connectivity index (χ0n) is 12.0. The Hall–Kier alpha value is -0.900. The van der Waals surface area contributed by atoms with Crippen LogP contribution in [0.3, 0.4) is 0 Å². The second-order valence-electron chi connectivity index (χ2n) is 5.25. The SMILES string of the molecule is CCCc1nc(N(CC)C2CCCCC2)sc1C=O. The number of rotatable bonds is 6. The number of nitrogens with zero attached hydrogens (tertiary/aromatic N) is 2. The fourth-order valence-electron chi connectivity index (χ4n) is 2.92. The van der Waals surface area contributed by atoms with E-state index in [9.17, 15) is 4.79 Å². The molecule has 1 aliphatic rings. The Balaban J connectivity index is 2.19. The minimum absolute atomic E-state index is 0.624. The van der Waals surface area contributed by atoms with Crippen LogP contribution in [0.2, 0.25) is 0 Å². The van der Waals surface area contributed by atoms with Crippen molar-refractivity contribution in [1.82, 2.24) is 4.98 Å². The molecule has 1 aromatic rings. The summed E-state index contributed by atoms with van der Waals surface area (Å²) in [6, 6.07) is 0.624. The van der Waals surface area contributed by atoms with Crippen molar-refractivity contribution >= 4 is 22.8 Å². The van der Waals surface area contributed by atoms with Crippen molar-refractivity contribution in [1.29, 1.82) is 0 Å². The second kappa shape index (κ2) is 7.04. The van der Waals surface area contributed by atoms with E-state index in [0.717, 1.165) is 41.4 Å². The lowest BCUT2D eigenvalue weighted by molar-refractivity contribution is 0.112. The van der Waals surface area contributed by atoms with Crippen molar-refractivity contribution in [3.05, 3.63) is 10.6 Å². The van der Waals surface area contributed by atoms with Gasteiger partial charge in [-0.2, -0.15) is 0 Å². The van der Waals surface area contributed by atoms with Gasteiger partial charge in [0.05, 0.1) is 10.6 Å². The van der Waals surface area contributed by atoms with Crippen LogP contribution in [0.15, 0.2) is 0 Å². The molecule has 1 aromatic heterocycles. The van der Waals surface area contributed by atoms with Gasteiger partial charge >= 0.3 is 0 Å². The summed E-state index contributed by atoms with van der Waals surface area (Å²) in [5.41, 5.74) is 0.992. The van der Waals surface area contributed by atoms with E-state index in [4.69, 9.17) is 4.98 Å². The number of carbonyl (C=O) groups excluding carboxylic acids is 1. The van der Waals surface area contributed by atoms with E-state index >= 15 is 0 Å². The van der Waals surface area contributed by atoms with Gasteiger partial charge in [-0.3, -0.25) is 4.79 Å². The van der Waals surface area contributed by atoms with E-state index in [1.165, 1.54) is 32.1 Å². The normalized spacial score (nSPS) is 16.5. The van der Waals surface area contributed by atoms with E-state index in [1.807, 2.05) is 0 Å². The standard InChI is InChI=1S/C15H24N2OS/c1-3-8-13-14(11-18)19-15(16-13)17(4-2)12-9-6-5-7-10-12/h11-12H,3-10H2,1-2H3. The smallest absolute Gasteiger partial charge is 0.186 e. The third-order valence-corrected chi connectivity index (χ3v) is 4.97. The Morgan fingerprint density at radius 3 is 2.63 bits per heavy atom. The molecule has 0 unspecified atom stereocenters. The average molecular weight is 280 g/mol. The Labute approximate surface area is 120 Å². The summed E-state index contributed by atoms with van der Waals surface area (Å²) in [7, 11) is 0. The summed E-state index contributed by atoms with van der Waals surface area (Å²) >= 11 is 1.57. The first-order chi connectivity index (χ1) is 9.30. The molecule has 1 aliphatic carbocycles. The topological polar surface area (TPSA) is 33.2 Å². The second-order valence-corrected chi connectivity index (χ2v) is 6.26. The molecule has 1 fully saturated rings. The highest BCUT2D eigenvalue weighted by atomic mass is 32.1. The van der Waals surface area contributed by atoms with Crippen LogP contribution in [-0.4, -0.2) is 23.9 Å². The Bertz CT molecular complexity index is 410. The summed E-state index contributed by atoms with van der Waals surface area (Å²) in [4.78, 5) is 19.1. The van der Waals surface area contributed by atoms with E-state index in [0.29, 0.717) is 6.04 Å². The van der Waals surface area contributed by atoms with Gasteiger partial charge in [-0.15, -0.1) is 0 Å². The molecule has 0 spiro atoms. The van der Waals surface area contributed by atoms with Crippen molar-refractivity contribution < 1.29 is 4.79 Å². The molecule has 19 heavy (non-hydrogen) atoms. The summed E-state index contributed by atoms with van der Waals surface area (Å²) < 4.78 is 0. The van der Waals surface area contributed by atoms with E-state index < -0.39 is 0 Å². The van der Waals surface area contributed by atoms with Crippen LogP contribution >= 0.6 is 11.3 Å². The maximum Gasteiger partial charge on any atom is 0.186 e. The van der Waals surface area contributed by atoms with Gasteiger partial charge < -0.3 is 4.90 Å². The third-order valence-electron chi connectivity index (χ3n) is 3.91. The van der Waals surface area contributed by atoms with Gasteiger partial charge in [-0.1, -0.05) is 43.9 Å². The number of aromatic nitrogens is 1. The number of carbonyl (C=O) groups is 1. The zero-order valence-corrected chi connectivity index (χ0v) is 12.8. The molecular weight excluding hydrogens is 256 g/mol. The van der Waals surface area contributed by atoms with Gasteiger partial charge in [0.15, 0.2) is 11.4 Å². The van der Waals surface area contributed by atoms with Crippen LogP contribution in [-0.2, 0) is 6.42 Å². The molecule has 2 rings (SSSR count). The fraction of sp³-hybridized carbons (Fsp3) is 0.733. The van der Waals surface area contributed by atoms with Crippen LogP contribution in [0.1, 0.15) is 67.7 Å². The molecule has 0 N–H and O–H groups in total. The highest BCUT2D eigenvalue weighted by Gasteiger charge is 2.23. The van der Waals surface area contributed by atoms with Gasteiger partial charge in [-0.05, 0) is 26.2 Å². The minimum atomic E-state index is 0.624. The molecule has 0 atom stereocenters. The molecule has 0 aromatic carbocycles. The van der Waals surface area contributed by atoms with Crippen LogP contribution in [0, 0.1) is 0 Å². The Kier molecular flexibility index (Phi) is 5.37. The number of hydrogen-bond acceptors (Lipinski definition) is 4. The largest absolute Gasteiger partial charge is 0.345 e. The predicted octanol–water partition coefficient (Wildman–Crippen LogP) is 4.07. The maximum absolute atomic E-state index is 11.2. The van der Waals surface area contributed by atoms with Crippen molar-refractivity contribution in [3.63, 3.8) is 0 Å². The summed E-state index contributed by atoms with van der Waals surface area (Å²) in [5.74, 6) is 0. The van der Waals surface area contributed by atoms with Crippen molar-refractivity contribution in [2.75, 3.05) is 11.4 Å². The van der Waals surface area contributed by atoms with Crippen LogP contribution < -0.4 is 4.90 Å². The van der Waals surface area contributed by atoms with Gasteiger partial charge in [0.25, 0.3) is 0 Å². The Morgan fingerprint density at radius 2 is 2.05 bits per heavy atom. The maximum atomic E-state index is 11.2. The van der Waals surface area contributed by atoms with E-state index in [1.54, 1.807) is 11.3 Å². The summed E-state index contributed by atoms with van der Waals surface area (Å²) in [6.45, 7) is 5.31. The van der Waals surface area contributed by atoms with Crippen molar-refractivity contribution in [3.8, 4) is 0 Å². The number of aldehydes is 1. The molecule has 1 saturated carbocycles. The lowest BCUT2D eigenvalue weighted by Crippen LogP contribution is -2.36. The van der Waals surface area contributed by atoms with E-state index in [2.05, 4.69) is 18.7 Å². The molecule has 0 bridgehead atoms. The van der Waals surface area contributed by atoms with Crippen molar-refractivity contribution in [2.45, 2.75) is 64.8 Å². The molecule has 106 valence electrons. The fourth-order valence-corrected chi connectivity index (χ4v) is 3.99. The lowest BCUT2D eigenvalue weighted by atomic mass is 9.94. The molecule has 1 heterocycles. The average Bonchev–Trinajstić information content (AvgIpc) is 2.84. The first-order valence-electron chi connectivity index (χ1n) is 7.51. The molecule has 0 amide bonds. The van der Waals surface area contributed by atoms with Crippen LogP contribution in [0.5, 0.6) is 0 Å². The quantitative estimate of drug-likeness (QED) is 0.737. The van der Waals surface area contributed by atoms with Gasteiger partial charge in [0.2, 0.25) is 0 Å². The summed E-state index contributed by atoms with van der Waals surface area (Å²) in [6.07, 6.45) is 9.49. The minimum Gasteiger partial charge on any atom is -0.345 e. The van der Waals surface area contributed by atoms with Crippen LogP contribution in [0.4, 0.5) is 5.13 Å².